The smallest absolute Gasteiger partial charge is 0.255 e. The van der Waals surface area contributed by atoms with Crippen LogP contribution in [0, 0.1) is 0 Å². The number of ether oxygens (including phenoxy) is 1. The highest BCUT2D eigenvalue weighted by Gasteiger charge is 2.25. The zero-order chi connectivity index (χ0) is 17.5. The Morgan fingerprint density at radius 3 is 2.69 bits per heavy atom. The molecule has 142 valence electrons. The van der Waals surface area contributed by atoms with Gasteiger partial charge in [-0.25, -0.2) is 0 Å². The number of benzene rings is 1. The number of halogens is 1. The van der Waals surface area contributed by atoms with E-state index in [1.165, 1.54) is 17.7 Å². The van der Waals surface area contributed by atoms with E-state index in [0.717, 1.165) is 19.5 Å². The number of carbonyl (C=O) groups is 1. The summed E-state index contributed by atoms with van der Waals surface area (Å²) in [6.45, 7) is 5.52. The van der Waals surface area contributed by atoms with Crippen LogP contribution in [0.4, 0.5) is 0 Å². The fourth-order valence-corrected chi connectivity index (χ4v) is 4.08. The lowest BCUT2D eigenvalue weighted by Crippen LogP contribution is -2.36. The summed E-state index contributed by atoms with van der Waals surface area (Å²) in [5, 5.41) is 5.23. The number of hydrogen-bond acceptors (Lipinski definition) is 4. The zero-order valence-electron chi connectivity index (χ0n) is 15.1. The molecule has 1 aliphatic rings. The van der Waals surface area contributed by atoms with Crippen molar-refractivity contribution in [1.82, 2.24) is 10.2 Å². The van der Waals surface area contributed by atoms with E-state index in [1.54, 1.807) is 11.3 Å². The van der Waals surface area contributed by atoms with Gasteiger partial charge in [-0.05, 0) is 55.9 Å². The Balaban J connectivity index is 0.00000243. The summed E-state index contributed by atoms with van der Waals surface area (Å²) in [5.74, 6) is 0.600. The van der Waals surface area contributed by atoms with Crippen molar-refractivity contribution in [2.24, 2.45) is 0 Å². The lowest BCUT2D eigenvalue weighted by atomic mass is 10.1. The number of rotatable bonds is 8. The Morgan fingerprint density at radius 2 is 2.00 bits per heavy atom. The van der Waals surface area contributed by atoms with Crippen LogP contribution in [-0.2, 0) is 0 Å². The Labute approximate surface area is 166 Å². The quantitative estimate of drug-likeness (QED) is 0.715. The summed E-state index contributed by atoms with van der Waals surface area (Å²) >= 11 is 1.76. The number of nitrogens with zero attached hydrogens (tertiary/aromatic N) is 1. The predicted octanol–water partition coefficient (Wildman–Crippen LogP) is 4.53. The molecular weight excluding hydrogens is 368 g/mol. The topological polar surface area (TPSA) is 41.6 Å². The average molecular weight is 395 g/mol. The molecule has 3 rings (SSSR count). The number of likely N-dealkylation sites (tertiary alicyclic amines) is 1. The molecular formula is C20H27ClN2O2S. The minimum Gasteiger partial charge on any atom is -0.493 e. The third kappa shape index (κ3) is 5.22. The van der Waals surface area contributed by atoms with Gasteiger partial charge >= 0.3 is 0 Å². The van der Waals surface area contributed by atoms with Crippen molar-refractivity contribution in [1.29, 1.82) is 0 Å². The van der Waals surface area contributed by atoms with Crippen LogP contribution in [0.5, 0.6) is 5.75 Å². The molecule has 1 aliphatic heterocycles. The van der Waals surface area contributed by atoms with Gasteiger partial charge < -0.3 is 10.1 Å². The van der Waals surface area contributed by atoms with Gasteiger partial charge in [0.25, 0.3) is 5.91 Å². The summed E-state index contributed by atoms with van der Waals surface area (Å²) in [7, 11) is 0. The summed E-state index contributed by atoms with van der Waals surface area (Å²) in [4.78, 5) is 16.5. The van der Waals surface area contributed by atoms with Crippen LogP contribution in [0.1, 0.15) is 47.5 Å². The molecule has 26 heavy (non-hydrogen) atoms. The van der Waals surface area contributed by atoms with Gasteiger partial charge in [-0.2, -0.15) is 0 Å². The Kier molecular flexibility index (Phi) is 8.42. The monoisotopic (exact) mass is 394 g/mol. The fraction of sp³-hybridized carbons (Fsp3) is 0.450. The molecule has 1 N–H and O–H groups in total. The summed E-state index contributed by atoms with van der Waals surface area (Å²) in [5.41, 5.74) is 0.613. The van der Waals surface area contributed by atoms with Gasteiger partial charge in [-0.3, -0.25) is 9.69 Å². The second kappa shape index (κ2) is 10.6. The maximum atomic E-state index is 12.7. The minimum atomic E-state index is -0.0625. The first kappa shape index (κ1) is 20.7. The van der Waals surface area contributed by atoms with E-state index >= 15 is 0 Å². The van der Waals surface area contributed by atoms with Gasteiger partial charge in [0.15, 0.2) is 0 Å². The maximum absolute atomic E-state index is 12.7. The standard InChI is InChI=1S/C20H26N2O2S.ClH/c1-2-13-24-18-9-4-3-8-16(18)20(23)21-15-17(19-10-7-14-25-19)22-11-5-6-12-22;/h3-4,7-10,14,17H,2,5-6,11-13,15H2,1H3,(H,21,23);1H. The van der Waals surface area contributed by atoms with Gasteiger partial charge in [0.2, 0.25) is 0 Å². The number of nitrogens with one attached hydrogen (secondary N) is 1. The molecule has 1 aromatic carbocycles. The van der Waals surface area contributed by atoms with Crippen molar-refractivity contribution in [3.63, 3.8) is 0 Å². The van der Waals surface area contributed by atoms with Crippen LogP contribution in [0.2, 0.25) is 0 Å². The van der Waals surface area contributed by atoms with Crippen LogP contribution in [0.25, 0.3) is 0 Å². The third-order valence-electron chi connectivity index (χ3n) is 4.50. The second-order valence-corrected chi connectivity index (χ2v) is 7.31. The van der Waals surface area contributed by atoms with E-state index in [0.29, 0.717) is 24.5 Å². The van der Waals surface area contributed by atoms with Crippen LogP contribution in [-0.4, -0.2) is 37.0 Å². The number of carbonyl (C=O) groups excluding carboxylic acids is 1. The van der Waals surface area contributed by atoms with Crippen LogP contribution in [0.15, 0.2) is 41.8 Å². The molecule has 0 radical (unpaired) electrons. The molecule has 1 atom stereocenters. The van der Waals surface area contributed by atoms with E-state index in [2.05, 4.69) is 34.7 Å². The molecule has 0 aliphatic carbocycles. The first-order valence-corrected chi connectivity index (χ1v) is 9.95. The summed E-state index contributed by atoms with van der Waals surface area (Å²) in [6, 6.07) is 12.0. The molecule has 1 aromatic heterocycles. The van der Waals surface area contributed by atoms with Crippen molar-refractivity contribution in [3.05, 3.63) is 52.2 Å². The van der Waals surface area contributed by atoms with Crippen molar-refractivity contribution < 1.29 is 9.53 Å². The first-order valence-electron chi connectivity index (χ1n) is 9.07. The molecule has 1 unspecified atom stereocenters. The third-order valence-corrected chi connectivity index (χ3v) is 5.48. The Bertz CT molecular complexity index is 672. The molecule has 4 nitrogen and oxygen atoms in total. The van der Waals surface area contributed by atoms with Gasteiger partial charge in [0.1, 0.15) is 5.75 Å². The Hall–Kier alpha value is -1.56. The molecule has 0 saturated carbocycles. The van der Waals surface area contributed by atoms with Gasteiger partial charge in [0.05, 0.1) is 18.2 Å². The molecule has 1 fully saturated rings. The summed E-state index contributed by atoms with van der Waals surface area (Å²) < 4.78 is 5.72. The molecule has 1 amide bonds. The van der Waals surface area contributed by atoms with Crippen LogP contribution in [0.3, 0.4) is 0 Å². The van der Waals surface area contributed by atoms with Gasteiger partial charge in [0, 0.05) is 11.4 Å². The van der Waals surface area contributed by atoms with E-state index in [-0.39, 0.29) is 24.4 Å². The molecule has 6 heteroatoms. The predicted molar refractivity (Wildman–Crippen MR) is 110 cm³/mol. The molecule has 0 spiro atoms. The maximum Gasteiger partial charge on any atom is 0.255 e. The van der Waals surface area contributed by atoms with E-state index in [4.69, 9.17) is 4.74 Å². The van der Waals surface area contributed by atoms with E-state index < -0.39 is 0 Å². The van der Waals surface area contributed by atoms with Gasteiger partial charge in [-0.15, -0.1) is 23.7 Å². The molecule has 0 bridgehead atoms. The largest absolute Gasteiger partial charge is 0.493 e. The highest BCUT2D eigenvalue weighted by Crippen LogP contribution is 2.28. The zero-order valence-corrected chi connectivity index (χ0v) is 16.8. The lowest BCUT2D eigenvalue weighted by molar-refractivity contribution is 0.0934. The van der Waals surface area contributed by atoms with Crippen LogP contribution >= 0.6 is 23.7 Å². The first-order chi connectivity index (χ1) is 12.3. The normalized spacial score (nSPS) is 15.3. The SMILES string of the molecule is CCCOc1ccccc1C(=O)NCC(c1cccs1)N1CCCC1.Cl. The second-order valence-electron chi connectivity index (χ2n) is 6.33. The lowest BCUT2D eigenvalue weighted by Gasteiger charge is -2.27. The number of para-hydroxylation sites is 1. The number of thiophene rings is 1. The highest BCUT2D eigenvalue weighted by atomic mass is 35.5. The van der Waals surface area contributed by atoms with Crippen molar-refractivity contribution in [2.75, 3.05) is 26.2 Å². The average Bonchev–Trinajstić information content (AvgIpc) is 3.34. The minimum absolute atomic E-state index is 0. The van der Waals surface area contributed by atoms with E-state index in [1.807, 2.05) is 24.3 Å². The number of amides is 1. The fourth-order valence-electron chi connectivity index (χ4n) is 3.22. The van der Waals surface area contributed by atoms with Crippen molar-refractivity contribution in [2.45, 2.75) is 32.2 Å². The Morgan fingerprint density at radius 1 is 1.23 bits per heavy atom. The van der Waals surface area contributed by atoms with Crippen molar-refractivity contribution >= 4 is 29.7 Å². The van der Waals surface area contributed by atoms with Crippen molar-refractivity contribution in [3.8, 4) is 5.75 Å². The van der Waals surface area contributed by atoms with E-state index in [9.17, 15) is 4.79 Å². The molecule has 2 aromatic rings. The summed E-state index contributed by atoms with van der Waals surface area (Å²) in [6.07, 6.45) is 3.40. The number of hydrogen-bond donors (Lipinski definition) is 1. The molecule has 2 heterocycles. The highest BCUT2D eigenvalue weighted by molar-refractivity contribution is 7.10. The molecule has 1 saturated heterocycles. The van der Waals surface area contributed by atoms with Crippen LogP contribution < -0.4 is 10.1 Å². The van der Waals surface area contributed by atoms with Gasteiger partial charge in [-0.1, -0.05) is 25.1 Å².